The number of benzene rings is 3. The highest BCUT2D eigenvalue weighted by molar-refractivity contribution is 7.22. The summed E-state index contributed by atoms with van der Waals surface area (Å²) >= 11 is 7.36. The number of anilines is 1. The molecule has 2 heterocycles. The molecule has 1 N–H and O–H groups in total. The summed E-state index contributed by atoms with van der Waals surface area (Å²) in [7, 11) is 1.54. The molecule has 206 valence electrons. The van der Waals surface area contributed by atoms with Gasteiger partial charge in [-0.3, -0.25) is 14.5 Å². The highest BCUT2D eigenvalue weighted by Gasteiger charge is 2.48. The van der Waals surface area contributed by atoms with Crippen LogP contribution in [-0.2, 0) is 9.59 Å². The van der Waals surface area contributed by atoms with Crippen LogP contribution in [0.5, 0.6) is 11.5 Å². The third kappa shape index (κ3) is 5.29. The van der Waals surface area contributed by atoms with Gasteiger partial charge in [0.15, 0.2) is 16.6 Å². The second-order valence-electron chi connectivity index (χ2n) is 9.61. The standard InChI is InChI=1S/C31H29ClN2O5S/c1-4-5-6-15-39-23-14-10-20(17-24(23)38-3)27-26(28(35)19-8-11-21(32)12-9-19)29(36)30(37)34(27)31-33-22-13-7-18(2)16-25(22)40-31/h7-14,16-17,27,35H,4-6,15H2,1-3H3. The smallest absolute Gasteiger partial charge is 0.301 e. The second-order valence-corrected chi connectivity index (χ2v) is 11.1. The number of unbranched alkanes of at least 4 members (excludes halogenated alkanes) is 2. The number of aryl methyl sites for hydroxylation is 1. The molecule has 1 unspecified atom stereocenters. The number of thiazole rings is 1. The van der Waals surface area contributed by atoms with Gasteiger partial charge in [-0.1, -0.05) is 54.8 Å². The van der Waals surface area contributed by atoms with E-state index in [1.54, 1.807) is 49.6 Å². The molecule has 0 saturated carbocycles. The van der Waals surface area contributed by atoms with Crippen LogP contribution in [0.25, 0.3) is 16.0 Å². The summed E-state index contributed by atoms with van der Waals surface area (Å²) in [6.07, 6.45) is 3.05. The number of aromatic nitrogens is 1. The van der Waals surface area contributed by atoms with E-state index in [1.165, 1.54) is 16.2 Å². The Bertz CT molecular complexity index is 1610. The van der Waals surface area contributed by atoms with E-state index in [-0.39, 0.29) is 11.3 Å². The SMILES string of the molecule is CCCCCOc1ccc(C2C(=C(O)c3ccc(Cl)cc3)C(=O)C(=O)N2c2nc3ccc(C)cc3s2)cc1OC. The van der Waals surface area contributed by atoms with Crippen molar-refractivity contribution in [3.63, 3.8) is 0 Å². The van der Waals surface area contributed by atoms with Gasteiger partial charge in [0.2, 0.25) is 0 Å². The number of nitrogens with zero attached hydrogens (tertiary/aromatic N) is 2. The number of carbonyl (C=O) groups is 2. The molecule has 9 heteroatoms. The first kappa shape index (κ1) is 27.7. The lowest BCUT2D eigenvalue weighted by molar-refractivity contribution is -0.132. The predicted molar refractivity (Wildman–Crippen MR) is 159 cm³/mol. The number of ketones is 1. The molecule has 0 radical (unpaired) electrons. The molecule has 1 aliphatic rings. The Kier molecular flexibility index (Phi) is 8.09. The fourth-order valence-electron chi connectivity index (χ4n) is 4.74. The molecule has 1 aliphatic heterocycles. The number of methoxy groups -OCH3 is 1. The Morgan fingerprint density at radius 3 is 2.55 bits per heavy atom. The molecule has 1 fully saturated rings. The number of Topliss-reactive ketones (excluding diaryl/α,β-unsaturated/α-hetero) is 1. The fraction of sp³-hybridized carbons (Fsp3) is 0.258. The van der Waals surface area contributed by atoms with Crippen molar-refractivity contribution in [3.8, 4) is 11.5 Å². The summed E-state index contributed by atoms with van der Waals surface area (Å²) in [5.74, 6) is -0.835. The maximum absolute atomic E-state index is 13.6. The molecular weight excluding hydrogens is 548 g/mol. The first-order valence-corrected chi connectivity index (χ1v) is 14.3. The van der Waals surface area contributed by atoms with Crippen LogP contribution in [-0.4, -0.2) is 35.5 Å². The van der Waals surface area contributed by atoms with E-state index in [1.807, 2.05) is 25.1 Å². The van der Waals surface area contributed by atoms with E-state index in [2.05, 4.69) is 11.9 Å². The minimum Gasteiger partial charge on any atom is -0.507 e. The quantitative estimate of drug-likeness (QED) is 0.0962. The van der Waals surface area contributed by atoms with Gasteiger partial charge in [-0.05, 0) is 73.0 Å². The number of halogens is 1. The van der Waals surface area contributed by atoms with Crippen LogP contribution < -0.4 is 14.4 Å². The Morgan fingerprint density at radius 2 is 1.82 bits per heavy atom. The zero-order valence-corrected chi connectivity index (χ0v) is 24.0. The molecule has 5 rings (SSSR count). The largest absolute Gasteiger partial charge is 0.507 e. The molecule has 7 nitrogen and oxygen atoms in total. The first-order chi connectivity index (χ1) is 19.3. The number of hydrogen-bond donors (Lipinski definition) is 1. The predicted octanol–water partition coefficient (Wildman–Crippen LogP) is 7.46. The molecule has 0 bridgehead atoms. The number of aliphatic hydroxyl groups is 1. The first-order valence-electron chi connectivity index (χ1n) is 13.1. The van der Waals surface area contributed by atoms with Crippen molar-refractivity contribution in [1.29, 1.82) is 0 Å². The summed E-state index contributed by atoms with van der Waals surface area (Å²) in [6.45, 7) is 4.65. The third-order valence-electron chi connectivity index (χ3n) is 6.81. The van der Waals surface area contributed by atoms with Crippen LogP contribution in [0.1, 0.15) is 48.9 Å². The van der Waals surface area contributed by atoms with Crippen LogP contribution >= 0.6 is 22.9 Å². The number of rotatable bonds is 9. The maximum atomic E-state index is 13.6. The topological polar surface area (TPSA) is 89.0 Å². The van der Waals surface area contributed by atoms with Gasteiger partial charge in [-0.2, -0.15) is 0 Å². The molecule has 0 spiro atoms. The average Bonchev–Trinajstić information content (AvgIpc) is 3.48. The van der Waals surface area contributed by atoms with Crippen molar-refractivity contribution in [1.82, 2.24) is 4.98 Å². The van der Waals surface area contributed by atoms with Crippen molar-refractivity contribution in [2.24, 2.45) is 0 Å². The normalized spacial score (nSPS) is 16.6. The molecule has 0 aliphatic carbocycles. The van der Waals surface area contributed by atoms with E-state index in [0.717, 1.165) is 35.0 Å². The molecule has 4 aromatic rings. The maximum Gasteiger partial charge on any atom is 0.301 e. The monoisotopic (exact) mass is 576 g/mol. The van der Waals surface area contributed by atoms with Gasteiger partial charge in [0.25, 0.3) is 5.78 Å². The third-order valence-corrected chi connectivity index (χ3v) is 8.08. The van der Waals surface area contributed by atoms with E-state index < -0.39 is 17.7 Å². The second kappa shape index (κ2) is 11.7. The Balaban J connectivity index is 1.65. The molecule has 1 saturated heterocycles. The Hall–Kier alpha value is -3.88. The average molecular weight is 577 g/mol. The number of aliphatic hydroxyl groups excluding tert-OH is 1. The minimum absolute atomic E-state index is 0.0403. The highest BCUT2D eigenvalue weighted by atomic mass is 35.5. The van der Waals surface area contributed by atoms with E-state index >= 15 is 0 Å². The van der Waals surface area contributed by atoms with Gasteiger partial charge >= 0.3 is 5.91 Å². The van der Waals surface area contributed by atoms with Crippen LogP contribution in [0.4, 0.5) is 5.13 Å². The summed E-state index contributed by atoms with van der Waals surface area (Å²) in [4.78, 5) is 33.2. The van der Waals surface area contributed by atoms with E-state index in [4.69, 9.17) is 21.1 Å². The lowest BCUT2D eigenvalue weighted by Crippen LogP contribution is -2.29. The summed E-state index contributed by atoms with van der Waals surface area (Å²) < 4.78 is 12.5. The van der Waals surface area contributed by atoms with Crippen LogP contribution in [0.15, 0.2) is 66.2 Å². The van der Waals surface area contributed by atoms with Crippen LogP contribution in [0.2, 0.25) is 5.02 Å². The van der Waals surface area contributed by atoms with Gasteiger partial charge < -0.3 is 14.6 Å². The minimum atomic E-state index is -0.944. The zero-order chi connectivity index (χ0) is 28.4. The number of amides is 1. The Morgan fingerprint density at radius 1 is 1.05 bits per heavy atom. The van der Waals surface area contributed by atoms with Gasteiger partial charge in [0, 0.05) is 10.6 Å². The van der Waals surface area contributed by atoms with Gasteiger partial charge in [-0.25, -0.2) is 4.98 Å². The molecule has 40 heavy (non-hydrogen) atoms. The molecule has 1 atom stereocenters. The summed E-state index contributed by atoms with van der Waals surface area (Å²) in [5, 5.41) is 12.2. The van der Waals surface area contributed by atoms with E-state index in [9.17, 15) is 14.7 Å². The van der Waals surface area contributed by atoms with Crippen LogP contribution in [0.3, 0.4) is 0 Å². The molecule has 1 amide bonds. The molecule has 3 aromatic carbocycles. The lowest BCUT2D eigenvalue weighted by atomic mass is 9.95. The van der Waals surface area contributed by atoms with Gasteiger partial charge in [0.05, 0.1) is 35.5 Å². The lowest BCUT2D eigenvalue weighted by Gasteiger charge is -2.24. The van der Waals surface area contributed by atoms with Crippen LogP contribution in [0, 0.1) is 6.92 Å². The van der Waals surface area contributed by atoms with Crippen molar-refractivity contribution >= 4 is 55.7 Å². The number of fused-ring (bicyclic) bond motifs is 1. The van der Waals surface area contributed by atoms with Gasteiger partial charge in [0.1, 0.15) is 5.76 Å². The number of carbonyl (C=O) groups excluding carboxylic acids is 2. The molecular formula is C31H29ClN2O5S. The number of hydrogen-bond acceptors (Lipinski definition) is 7. The van der Waals surface area contributed by atoms with E-state index in [0.29, 0.717) is 39.4 Å². The van der Waals surface area contributed by atoms with Crippen molar-refractivity contribution in [2.45, 2.75) is 39.2 Å². The highest BCUT2D eigenvalue weighted by Crippen LogP contribution is 2.46. The van der Waals surface area contributed by atoms with Crippen molar-refractivity contribution < 1.29 is 24.2 Å². The number of ether oxygens (including phenoxy) is 2. The Labute approximate surface area is 241 Å². The van der Waals surface area contributed by atoms with Crippen molar-refractivity contribution in [3.05, 3.63) is 87.9 Å². The fourth-order valence-corrected chi connectivity index (χ4v) is 5.96. The summed E-state index contributed by atoms with van der Waals surface area (Å²) in [5.41, 5.74) is 2.68. The van der Waals surface area contributed by atoms with Gasteiger partial charge in [-0.15, -0.1) is 0 Å². The molecule has 1 aromatic heterocycles. The zero-order valence-electron chi connectivity index (χ0n) is 22.4. The van der Waals surface area contributed by atoms with Crippen molar-refractivity contribution in [2.75, 3.05) is 18.6 Å². The summed E-state index contributed by atoms with van der Waals surface area (Å²) in [6, 6.07) is 16.6.